The fourth-order valence-electron chi connectivity index (χ4n) is 3.84. The van der Waals surface area contributed by atoms with Gasteiger partial charge in [0.25, 0.3) is 6.04 Å². The van der Waals surface area contributed by atoms with Crippen molar-refractivity contribution < 1.29 is 24.1 Å². The predicted molar refractivity (Wildman–Crippen MR) is 115 cm³/mol. The first-order chi connectivity index (χ1) is 15.4. The lowest BCUT2D eigenvalue weighted by Gasteiger charge is -2.17. The molecular formula is C23H22ClN4O4+. The lowest BCUT2D eigenvalue weighted by molar-refractivity contribution is -0.529. The number of hydrogen-bond donors (Lipinski definition) is 1. The number of carboxylic acid groups (broad SMARTS) is 1. The summed E-state index contributed by atoms with van der Waals surface area (Å²) >= 11 is 6.38. The van der Waals surface area contributed by atoms with Gasteiger partial charge in [-0.25, -0.2) is 14.6 Å². The van der Waals surface area contributed by atoms with Gasteiger partial charge in [0.2, 0.25) is 0 Å². The Morgan fingerprint density at radius 1 is 1.34 bits per heavy atom. The maximum atomic E-state index is 12.8. The topological polar surface area (TPSA) is 96.3 Å². The quantitative estimate of drug-likeness (QED) is 0.542. The van der Waals surface area contributed by atoms with Crippen LogP contribution in [0, 0.1) is 5.92 Å². The van der Waals surface area contributed by atoms with Crippen LogP contribution >= 0.6 is 11.6 Å². The van der Waals surface area contributed by atoms with E-state index in [1.807, 2.05) is 28.9 Å². The number of imidazole rings is 1. The molecule has 1 aliphatic carbocycles. The highest BCUT2D eigenvalue weighted by Gasteiger charge is 2.41. The Bertz CT molecular complexity index is 1260. The van der Waals surface area contributed by atoms with E-state index in [2.05, 4.69) is 10.1 Å². The number of azo groups is 2. The SMILES string of the molecule is C[C@H](C(=O)O)[N+]1=NC(Cc2cn3cc(OCC4CC4)c(Cl)cc3n2)c2ccccc2C1=O. The van der Waals surface area contributed by atoms with E-state index in [4.69, 9.17) is 16.3 Å². The van der Waals surface area contributed by atoms with Crippen molar-refractivity contribution in [2.75, 3.05) is 6.61 Å². The number of aliphatic carboxylic acids is 1. The Morgan fingerprint density at radius 2 is 2.12 bits per heavy atom. The number of ether oxygens (including phenoxy) is 1. The molecule has 3 heterocycles. The first kappa shape index (κ1) is 20.6. The number of benzene rings is 1. The second-order valence-corrected chi connectivity index (χ2v) is 8.73. The number of fused-ring (bicyclic) bond motifs is 2. The highest BCUT2D eigenvalue weighted by molar-refractivity contribution is 6.32. The Labute approximate surface area is 189 Å². The van der Waals surface area contributed by atoms with Gasteiger partial charge in [0.05, 0.1) is 29.1 Å². The standard InChI is InChI=1S/C23H21ClN4O4/c1-13(23(30)31)28-22(29)17-5-3-2-4-16(17)19(26-28)8-15-10-27-11-20(32-12-14-6-7-14)18(24)9-21(27)25-15/h2-5,9-11,13-14,19H,6-8,12H2,1H3/p+1/t13-,19?/m1/s1. The van der Waals surface area contributed by atoms with E-state index in [9.17, 15) is 14.7 Å². The molecule has 1 unspecified atom stereocenters. The molecule has 1 N–H and O–H groups in total. The molecule has 1 fully saturated rings. The van der Waals surface area contributed by atoms with Crippen LogP contribution in [0.4, 0.5) is 0 Å². The number of amides is 1. The summed E-state index contributed by atoms with van der Waals surface area (Å²) in [5.41, 5.74) is 2.65. The van der Waals surface area contributed by atoms with Crippen LogP contribution in [-0.4, -0.2) is 43.7 Å². The molecule has 3 aromatic rings. The number of aromatic nitrogens is 2. The first-order valence-corrected chi connectivity index (χ1v) is 10.9. The van der Waals surface area contributed by atoms with Gasteiger partial charge in [-0.2, -0.15) is 0 Å². The molecule has 5 rings (SSSR count). The third-order valence-electron chi connectivity index (χ3n) is 5.88. The predicted octanol–water partition coefficient (Wildman–Crippen LogP) is 4.15. The van der Waals surface area contributed by atoms with Gasteiger partial charge >= 0.3 is 11.9 Å². The molecule has 1 saturated carbocycles. The summed E-state index contributed by atoms with van der Waals surface area (Å²) in [6.07, 6.45) is 6.51. The minimum Gasteiger partial charge on any atom is -0.490 e. The summed E-state index contributed by atoms with van der Waals surface area (Å²) < 4.78 is 8.77. The number of pyridine rings is 1. The Hall–Kier alpha value is -3.26. The van der Waals surface area contributed by atoms with E-state index in [1.165, 1.54) is 19.8 Å². The summed E-state index contributed by atoms with van der Waals surface area (Å²) in [6.45, 7) is 2.11. The van der Waals surface area contributed by atoms with Crippen LogP contribution in [0.5, 0.6) is 5.75 Å². The minimum atomic E-state index is -1.11. The molecule has 1 aliphatic heterocycles. The van der Waals surface area contributed by atoms with Crippen LogP contribution in [0.15, 0.2) is 47.8 Å². The van der Waals surface area contributed by atoms with Crippen LogP contribution in [0.1, 0.15) is 47.4 Å². The lowest BCUT2D eigenvalue weighted by Crippen LogP contribution is -2.38. The molecule has 0 bridgehead atoms. The first-order valence-electron chi connectivity index (χ1n) is 10.6. The highest BCUT2D eigenvalue weighted by Crippen LogP contribution is 2.33. The van der Waals surface area contributed by atoms with E-state index in [0.29, 0.717) is 40.9 Å². The maximum absolute atomic E-state index is 12.8. The molecule has 164 valence electrons. The highest BCUT2D eigenvalue weighted by atomic mass is 35.5. The van der Waals surface area contributed by atoms with Crippen molar-refractivity contribution >= 4 is 29.1 Å². The van der Waals surface area contributed by atoms with E-state index in [1.54, 1.807) is 18.2 Å². The van der Waals surface area contributed by atoms with E-state index in [0.717, 1.165) is 16.0 Å². The zero-order valence-corrected chi connectivity index (χ0v) is 18.2. The van der Waals surface area contributed by atoms with Gasteiger partial charge in [-0.05, 0) is 34.6 Å². The summed E-state index contributed by atoms with van der Waals surface area (Å²) in [7, 11) is 0. The summed E-state index contributed by atoms with van der Waals surface area (Å²) in [4.78, 5) is 29.0. The van der Waals surface area contributed by atoms with Crippen molar-refractivity contribution in [3.8, 4) is 5.75 Å². The second-order valence-electron chi connectivity index (χ2n) is 8.32. The molecule has 32 heavy (non-hydrogen) atoms. The van der Waals surface area contributed by atoms with Crippen molar-refractivity contribution in [1.82, 2.24) is 9.38 Å². The van der Waals surface area contributed by atoms with Crippen molar-refractivity contribution in [1.29, 1.82) is 0 Å². The van der Waals surface area contributed by atoms with Crippen LogP contribution in [0.3, 0.4) is 0 Å². The van der Waals surface area contributed by atoms with Gasteiger partial charge in [-0.3, -0.25) is 0 Å². The second kappa shape index (κ2) is 8.02. The zero-order valence-electron chi connectivity index (χ0n) is 17.4. The molecule has 9 heteroatoms. The van der Waals surface area contributed by atoms with E-state index >= 15 is 0 Å². The fraction of sp³-hybridized carbons (Fsp3) is 0.348. The number of carboxylic acids is 1. The molecule has 1 amide bonds. The smallest absolute Gasteiger partial charge is 0.444 e. The van der Waals surface area contributed by atoms with Gasteiger partial charge in [0, 0.05) is 31.2 Å². The van der Waals surface area contributed by atoms with E-state index in [-0.39, 0.29) is 0 Å². The number of rotatable bonds is 7. The molecule has 8 nitrogen and oxygen atoms in total. The molecular weight excluding hydrogens is 432 g/mol. The molecule has 2 aromatic heterocycles. The van der Waals surface area contributed by atoms with E-state index < -0.39 is 24.0 Å². The largest absolute Gasteiger partial charge is 0.490 e. The van der Waals surface area contributed by atoms with Crippen molar-refractivity contribution in [3.05, 3.63) is 64.6 Å². The van der Waals surface area contributed by atoms with Crippen LogP contribution in [0.2, 0.25) is 5.02 Å². The molecule has 0 saturated heterocycles. The molecule has 1 aromatic carbocycles. The van der Waals surface area contributed by atoms with Crippen molar-refractivity contribution in [2.45, 2.75) is 38.3 Å². The molecule has 2 atom stereocenters. The zero-order chi connectivity index (χ0) is 22.4. The average molecular weight is 454 g/mol. The van der Waals surface area contributed by atoms with Crippen molar-refractivity contribution in [3.63, 3.8) is 0 Å². The average Bonchev–Trinajstić information content (AvgIpc) is 3.53. The van der Waals surface area contributed by atoms with Gasteiger partial charge in [0.1, 0.15) is 11.7 Å². The summed E-state index contributed by atoms with van der Waals surface area (Å²) in [5.74, 6) is -0.283. The van der Waals surface area contributed by atoms with Crippen LogP contribution in [-0.2, 0) is 11.2 Å². The lowest BCUT2D eigenvalue weighted by atomic mass is 9.95. The number of carbonyl (C=O) groups excluding carboxylic acids is 1. The fourth-order valence-corrected chi connectivity index (χ4v) is 4.04. The number of nitrogens with zero attached hydrogens (tertiary/aromatic N) is 4. The maximum Gasteiger partial charge on any atom is 0.444 e. The number of halogens is 1. The van der Waals surface area contributed by atoms with Gasteiger partial charge in [0.15, 0.2) is 5.75 Å². The monoisotopic (exact) mass is 453 g/mol. The van der Waals surface area contributed by atoms with Gasteiger partial charge < -0.3 is 14.2 Å². The Morgan fingerprint density at radius 3 is 2.88 bits per heavy atom. The summed E-state index contributed by atoms with van der Waals surface area (Å²) in [6, 6.07) is 7.42. The third kappa shape index (κ3) is 3.86. The van der Waals surface area contributed by atoms with Gasteiger partial charge in [-0.15, -0.1) is 0 Å². The molecule has 0 radical (unpaired) electrons. The summed E-state index contributed by atoms with van der Waals surface area (Å²) in [5, 5.41) is 14.4. The number of hydrogen-bond acceptors (Lipinski definition) is 5. The Balaban J connectivity index is 1.47. The minimum absolute atomic E-state index is 0.407. The number of carbonyl (C=O) groups is 2. The van der Waals surface area contributed by atoms with Crippen molar-refractivity contribution in [2.24, 2.45) is 11.0 Å². The van der Waals surface area contributed by atoms with Gasteiger partial charge in [-0.1, -0.05) is 29.8 Å². The third-order valence-corrected chi connectivity index (χ3v) is 6.17. The van der Waals surface area contributed by atoms with Crippen LogP contribution < -0.4 is 4.74 Å². The molecule has 0 spiro atoms. The Kier molecular flexibility index (Phi) is 5.17. The normalized spacial score (nSPS) is 18.9. The van der Waals surface area contributed by atoms with Crippen LogP contribution in [0.25, 0.3) is 5.65 Å². The molecule has 2 aliphatic rings.